The van der Waals surface area contributed by atoms with Crippen molar-refractivity contribution in [3.8, 4) is 0 Å². The lowest BCUT2D eigenvalue weighted by atomic mass is 10.4. The highest BCUT2D eigenvalue weighted by Gasteiger charge is 2.24. The van der Waals surface area contributed by atoms with Crippen molar-refractivity contribution in [3.05, 3.63) is 6.42 Å². The van der Waals surface area contributed by atoms with Crippen molar-refractivity contribution in [1.29, 1.82) is 0 Å². The molecule has 0 aromatic rings. The van der Waals surface area contributed by atoms with Crippen LogP contribution in [0.15, 0.2) is 0 Å². The molecule has 9 heavy (non-hydrogen) atoms. The highest BCUT2D eigenvalue weighted by Crippen LogP contribution is 2.06. The van der Waals surface area contributed by atoms with Crippen molar-refractivity contribution >= 4 is 11.9 Å². The molecule has 0 unspecified atom stereocenters. The van der Waals surface area contributed by atoms with Crippen LogP contribution in [0.4, 0.5) is 4.79 Å². The van der Waals surface area contributed by atoms with Crippen LogP contribution in [0.5, 0.6) is 0 Å². The number of hydrogen-bond acceptors (Lipinski definition) is 2. The lowest BCUT2D eigenvalue weighted by molar-refractivity contribution is -0.122. The Morgan fingerprint density at radius 3 is 2.67 bits per heavy atom. The van der Waals surface area contributed by atoms with Gasteiger partial charge < -0.3 is 5.73 Å². The molecule has 1 rings (SSSR count). The molecule has 1 radical (unpaired) electrons. The Morgan fingerprint density at radius 1 is 1.78 bits per heavy atom. The van der Waals surface area contributed by atoms with Gasteiger partial charge in [-0.05, 0) is 6.42 Å². The zero-order valence-electron chi connectivity index (χ0n) is 4.83. The van der Waals surface area contributed by atoms with Crippen LogP contribution in [0.3, 0.4) is 0 Å². The van der Waals surface area contributed by atoms with E-state index in [1.807, 2.05) is 0 Å². The number of rotatable bonds is 0. The summed E-state index contributed by atoms with van der Waals surface area (Å²) in [5.74, 6) is -0.275. The summed E-state index contributed by atoms with van der Waals surface area (Å²) in [4.78, 5) is 21.9. The average molecular weight is 127 g/mol. The third-order valence-electron chi connectivity index (χ3n) is 1.20. The number of likely N-dealkylation sites (tertiary alicyclic amines) is 1. The Kier molecular flexibility index (Phi) is 1.38. The van der Waals surface area contributed by atoms with Gasteiger partial charge in [0.25, 0.3) is 0 Å². The average Bonchev–Trinajstić information content (AvgIpc) is 2.13. The zero-order chi connectivity index (χ0) is 6.85. The molecule has 1 heterocycles. The molecule has 0 atom stereocenters. The monoisotopic (exact) mass is 127 g/mol. The second kappa shape index (κ2) is 2.05. The number of nitrogens with two attached hydrogens (primary N) is 1. The molecule has 1 aliphatic rings. The summed E-state index contributed by atoms with van der Waals surface area (Å²) in [6.45, 7) is 0.439. The van der Waals surface area contributed by atoms with Crippen LogP contribution in [0.2, 0.25) is 0 Å². The fourth-order valence-electron chi connectivity index (χ4n) is 0.756. The number of amides is 3. The van der Waals surface area contributed by atoms with Gasteiger partial charge in [-0.3, -0.25) is 9.69 Å². The maximum Gasteiger partial charge on any atom is 0.321 e. The normalized spacial score (nSPS) is 18.7. The van der Waals surface area contributed by atoms with Gasteiger partial charge in [-0.2, -0.15) is 0 Å². The molecule has 4 nitrogen and oxygen atoms in total. The van der Waals surface area contributed by atoms with E-state index in [0.29, 0.717) is 13.0 Å². The van der Waals surface area contributed by atoms with E-state index in [0.717, 1.165) is 4.90 Å². The lowest BCUT2D eigenvalue weighted by Gasteiger charge is -2.07. The van der Waals surface area contributed by atoms with E-state index in [4.69, 9.17) is 5.73 Å². The van der Waals surface area contributed by atoms with E-state index in [-0.39, 0.29) is 5.91 Å². The minimum absolute atomic E-state index is 0.275. The minimum Gasteiger partial charge on any atom is -0.351 e. The first-order valence-corrected chi connectivity index (χ1v) is 2.66. The largest absolute Gasteiger partial charge is 0.351 e. The topological polar surface area (TPSA) is 63.4 Å². The predicted octanol–water partition coefficient (Wildman–Crippen LogP) is -0.498. The van der Waals surface area contributed by atoms with Crippen molar-refractivity contribution in [1.82, 2.24) is 4.90 Å². The molecule has 0 aromatic heterocycles. The fraction of sp³-hybridized carbons (Fsp3) is 0.400. The van der Waals surface area contributed by atoms with Gasteiger partial charge >= 0.3 is 6.03 Å². The van der Waals surface area contributed by atoms with E-state index in [1.54, 1.807) is 0 Å². The van der Waals surface area contributed by atoms with Crippen LogP contribution >= 0.6 is 0 Å². The Morgan fingerprint density at radius 2 is 2.44 bits per heavy atom. The van der Waals surface area contributed by atoms with Crippen LogP contribution in [-0.4, -0.2) is 23.4 Å². The molecule has 1 saturated heterocycles. The SMILES string of the molecule is NC(=O)N1CC[CH]C1=O. The molecule has 0 spiro atoms. The number of imide groups is 1. The van der Waals surface area contributed by atoms with Gasteiger partial charge in [-0.1, -0.05) is 0 Å². The van der Waals surface area contributed by atoms with Gasteiger partial charge in [-0.15, -0.1) is 0 Å². The summed E-state index contributed by atoms with van der Waals surface area (Å²) in [7, 11) is 0. The first-order valence-electron chi connectivity index (χ1n) is 2.66. The summed E-state index contributed by atoms with van der Waals surface area (Å²) >= 11 is 0. The maximum atomic E-state index is 10.6. The summed E-state index contributed by atoms with van der Waals surface area (Å²) in [6.07, 6.45) is 2.08. The molecule has 4 heteroatoms. The summed E-state index contributed by atoms with van der Waals surface area (Å²) in [5.41, 5.74) is 4.83. The molecule has 2 N–H and O–H groups in total. The van der Waals surface area contributed by atoms with Crippen molar-refractivity contribution < 1.29 is 9.59 Å². The van der Waals surface area contributed by atoms with Crippen LogP contribution in [0, 0.1) is 6.42 Å². The molecule has 0 aliphatic carbocycles. The number of urea groups is 1. The first-order chi connectivity index (χ1) is 4.22. The summed E-state index contributed by atoms with van der Waals surface area (Å²) < 4.78 is 0. The highest BCUT2D eigenvalue weighted by atomic mass is 16.2. The molecular formula is C5H7N2O2. The summed E-state index contributed by atoms with van der Waals surface area (Å²) in [6, 6.07) is -0.659. The molecule has 3 amide bonds. The van der Waals surface area contributed by atoms with E-state index < -0.39 is 6.03 Å². The van der Waals surface area contributed by atoms with E-state index in [2.05, 4.69) is 0 Å². The molecular weight excluding hydrogens is 120 g/mol. The number of primary amides is 1. The third kappa shape index (κ3) is 1.01. The number of carbonyl (C=O) groups is 2. The van der Waals surface area contributed by atoms with E-state index >= 15 is 0 Å². The first kappa shape index (κ1) is 6.07. The smallest absolute Gasteiger partial charge is 0.321 e. The van der Waals surface area contributed by atoms with Crippen molar-refractivity contribution in [3.63, 3.8) is 0 Å². The van der Waals surface area contributed by atoms with E-state index in [1.165, 1.54) is 6.42 Å². The van der Waals surface area contributed by atoms with Gasteiger partial charge in [0.15, 0.2) is 0 Å². The Bertz CT molecular complexity index is 155. The lowest BCUT2D eigenvalue weighted by Crippen LogP contribution is -2.36. The molecule has 1 aliphatic heterocycles. The van der Waals surface area contributed by atoms with Crippen LogP contribution in [-0.2, 0) is 4.79 Å². The van der Waals surface area contributed by atoms with Gasteiger partial charge in [0, 0.05) is 6.54 Å². The van der Waals surface area contributed by atoms with Gasteiger partial charge in [0.1, 0.15) is 0 Å². The number of nitrogens with zero attached hydrogens (tertiary/aromatic N) is 1. The zero-order valence-corrected chi connectivity index (χ0v) is 4.83. The van der Waals surface area contributed by atoms with Crippen molar-refractivity contribution in [2.24, 2.45) is 5.73 Å². The van der Waals surface area contributed by atoms with Crippen molar-refractivity contribution in [2.75, 3.05) is 6.54 Å². The fourth-order valence-corrected chi connectivity index (χ4v) is 0.756. The Balaban J connectivity index is 2.60. The predicted molar refractivity (Wildman–Crippen MR) is 30.2 cm³/mol. The van der Waals surface area contributed by atoms with Crippen LogP contribution in [0.1, 0.15) is 6.42 Å². The Hall–Kier alpha value is -1.06. The van der Waals surface area contributed by atoms with Crippen LogP contribution in [0.25, 0.3) is 0 Å². The summed E-state index contributed by atoms with van der Waals surface area (Å²) in [5, 5.41) is 0. The number of carbonyl (C=O) groups excluding carboxylic acids is 2. The second-order valence-electron chi connectivity index (χ2n) is 1.82. The standard InChI is InChI=1S/C5H7N2O2/c6-5(9)7-3-1-2-4(7)8/h2H,1,3H2,(H2,6,9). The van der Waals surface area contributed by atoms with E-state index in [9.17, 15) is 9.59 Å². The molecule has 0 aromatic carbocycles. The Labute approximate surface area is 52.6 Å². The molecule has 0 saturated carbocycles. The van der Waals surface area contributed by atoms with Gasteiger partial charge in [-0.25, -0.2) is 4.79 Å². The molecule has 49 valence electrons. The maximum absolute atomic E-state index is 10.6. The molecule has 1 fully saturated rings. The van der Waals surface area contributed by atoms with Gasteiger partial charge in [0.05, 0.1) is 6.42 Å². The highest BCUT2D eigenvalue weighted by molar-refractivity contribution is 5.99. The molecule has 0 bridgehead atoms. The minimum atomic E-state index is -0.659. The van der Waals surface area contributed by atoms with Gasteiger partial charge in [0.2, 0.25) is 5.91 Å². The third-order valence-corrected chi connectivity index (χ3v) is 1.20. The van der Waals surface area contributed by atoms with Crippen molar-refractivity contribution in [2.45, 2.75) is 6.42 Å². The quantitative estimate of drug-likeness (QED) is 0.477. The number of hydrogen-bond donors (Lipinski definition) is 1. The van der Waals surface area contributed by atoms with Crippen LogP contribution < -0.4 is 5.73 Å². The second-order valence-corrected chi connectivity index (χ2v) is 1.82.